The molecule has 5 nitrogen and oxygen atoms in total. The molecule has 2 heterocycles. The fourth-order valence-electron chi connectivity index (χ4n) is 2.53. The minimum Gasteiger partial charge on any atom is -0.490 e. The summed E-state index contributed by atoms with van der Waals surface area (Å²) in [5.41, 5.74) is 6.43. The standard InChI is InChI=1S/C16H22F2N4O/c1-10(2)5-16(3,19)9-23-14-8-20-13(4-12(14)15(17)18)11-6-21-22-7-11/h4,6-8,10,15H,5,9,19H2,1-3H3,(H,21,22)/t16-/m0/s1. The molecule has 0 radical (unpaired) electrons. The van der Waals surface area contributed by atoms with Crippen LogP contribution >= 0.6 is 0 Å². The highest BCUT2D eigenvalue weighted by molar-refractivity contribution is 5.59. The van der Waals surface area contributed by atoms with E-state index in [1.165, 1.54) is 18.5 Å². The van der Waals surface area contributed by atoms with Crippen LogP contribution in [-0.2, 0) is 0 Å². The first kappa shape index (κ1) is 17.3. The van der Waals surface area contributed by atoms with Crippen LogP contribution in [0.15, 0.2) is 24.7 Å². The Morgan fingerprint density at radius 1 is 1.35 bits per heavy atom. The summed E-state index contributed by atoms with van der Waals surface area (Å²) in [4.78, 5) is 4.17. The van der Waals surface area contributed by atoms with E-state index < -0.39 is 12.0 Å². The molecular weight excluding hydrogens is 302 g/mol. The van der Waals surface area contributed by atoms with E-state index in [0.717, 1.165) is 6.42 Å². The average molecular weight is 324 g/mol. The SMILES string of the molecule is CC(C)C[C@](C)(N)COc1cnc(-c2cn[nH]c2)cc1C(F)F. The Morgan fingerprint density at radius 3 is 2.65 bits per heavy atom. The van der Waals surface area contributed by atoms with Crippen molar-refractivity contribution in [3.05, 3.63) is 30.2 Å². The van der Waals surface area contributed by atoms with Gasteiger partial charge in [0.15, 0.2) is 0 Å². The van der Waals surface area contributed by atoms with Gasteiger partial charge in [0, 0.05) is 17.3 Å². The van der Waals surface area contributed by atoms with Crippen molar-refractivity contribution in [2.45, 2.75) is 39.2 Å². The van der Waals surface area contributed by atoms with Gasteiger partial charge in [0.2, 0.25) is 0 Å². The van der Waals surface area contributed by atoms with Gasteiger partial charge in [-0.25, -0.2) is 8.78 Å². The molecule has 2 rings (SSSR count). The third-order valence-corrected chi connectivity index (χ3v) is 3.36. The predicted octanol–water partition coefficient (Wildman–Crippen LogP) is 3.55. The van der Waals surface area contributed by atoms with Crippen LogP contribution in [0, 0.1) is 5.92 Å². The third kappa shape index (κ3) is 4.72. The molecule has 23 heavy (non-hydrogen) atoms. The molecule has 0 fully saturated rings. The summed E-state index contributed by atoms with van der Waals surface area (Å²) in [5.74, 6) is 0.456. The number of aromatic nitrogens is 3. The Kier molecular flexibility index (Phi) is 5.30. The second-order valence-corrected chi connectivity index (χ2v) is 6.44. The number of H-pyrrole nitrogens is 1. The van der Waals surface area contributed by atoms with Gasteiger partial charge in [0.25, 0.3) is 6.43 Å². The lowest BCUT2D eigenvalue weighted by Crippen LogP contribution is -2.43. The van der Waals surface area contributed by atoms with Crippen LogP contribution in [0.4, 0.5) is 8.78 Å². The van der Waals surface area contributed by atoms with E-state index in [2.05, 4.69) is 29.0 Å². The fourth-order valence-corrected chi connectivity index (χ4v) is 2.53. The molecule has 0 saturated carbocycles. The average Bonchev–Trinajstić information content (AvgIpc) is 2.97. The quantitative estimate of drug-likeness (QED) is 0.816. The van der Waals surface area contributed by atoms with E-state index in [9.17, 15) is 8.78 Å². The summed E-state index contributed by atoms with van der Waals surface area (Å²) in [6, 6.07) is 1.32. The Labute approximate surface area is 134 Å². The molecule has 2 aromatic rings. The van der Waals surface area contributed by atoms with Gasteiger partial charge >= 0.3 is 0 Å². The van der Waals surface area contributed by atoms with Crippen molar-refractivity contribution in [2.75, 3.05) is 6.61 Å². The van der Waals surface area contributed by atoms with Crippen LogP contribution < -0.4 is 10.5 Å². The first-order chi connectivity index (χ1) is 10.8. The number of hydrogen-bond donors (Lipinski definition) is 2. The maximum atomic E-state index is 13.3. The summed E-state index contributed by atoms with van der Waals surface area (Å²) < 4.78 is 32.2. The Hall–Kier alpha value is -2.02. The number of rotatable bonds is 7. The van der Waals surface area contributed by atoms with Gasteiger partial charge in [0.1, 0.15) is 12.4 Å². The second-order valence-electron chi connectivity index (χ2n) is 6.44. The zero-order chi connectivity index (χ0) is 17.0. The van der Waals surface area contributed by atoms with Gasteiger partial charge in [-0.3, -0.25) is 10.1 Å². The van der Waals surface area contributed by atoms with Crippen LogP contribution in [0.25, 0.3) is 11.3 Å². The smallest absolute Gasteiger partial charge is 0.267 e. The number of nitrogens with zero attached hydrogens (tertiary/aromatic N) is 2. The van der Waals surface area contributed by atoms with Crippen molar-refractivity contribution in [3.8, 4) is 17.0 Å². The lowest BCUT2D eigenvalue weighted by Gasteiger charge is -2.27. The highest BCUT2D eigenvalue weighted by Gasteiger charge is 2.23. The Bertz CT molecular complexity index is 627. The number of nitrogens with two attached hydrogens (primary N) is 1. The minimum atomic E-state index is -2.66. The number of pyridine rings is 1. The van der Waals surface area contributed by atoms with Gasteiger partial charge in [-0.05, 0) is 25.3 Å². The molecule has 7 heteroatoms. The molecule has 0 saturated heterocycles. The molecular formula is C16H22F2N4O. The van der Waals surface area contributed by atoms with E-state index in [1.807, 2.05) is 6.92 Å². The lowest BCUT2D eigenvalue weighted by atomic mass is 9.93. The van der Waals surface area contributed by atoms with E-state index in [4.69, 9.17) is 10.5 Å². The van der Waals surface area contributed by atoms with Crippen molar-refractivity contribution in [1.29, 1.82) is 0 Å². The van der Waals surface area contributed by atoms with Crippen LogP contribution in [0.5, 0.6) is 5.75 Å². The van der Waals surface area contributed by atoms with Crippen molar-refractivity contribution in [3.63, 3.8) is 0 Å². The van der Waals surface area contributed by atoms with E-state index in [0.29, 0.717) is 17.2 Å². The van der Waals surface area contributed by atoms with Crippen LogP contribution in [0.3, 0.4) is 0 Å². The van der Waals surface area contributed by atoms with Crippen molar-refractivity contribution >= 4 is 0 Å². The summed E-state index contributed by atoms with van der Waals surface area (Å²) in [6.45, 7) is 6.11. The van der Waals surface area contributed by atoms with E-state index >= 15 is 0 Å². The highest BCUT2D eigenvalue weighted by atomic mass is 19.3. The van der Waals surface area contributed by atoms with E-state index in [-0.39, 0.29) is 17.9 Å². The molecule has 3 N–H and O–H groups in total. The molecule has 0 amide bonds. The summed E-state index contributed by atoms with van der Waals surface area (Å²) in [6.07, 6.45) is 2.51. The number of alkyl halides is 2. The number of hydrogen-bond acceptors (Lipinski definition) is 4. The highest BCUT2D eigenvalue weighted by Crippen LogP contribution is 2.32. The van der Waals surface area contributed by atoms with Gasteiger partial charge < -0.3 is 10.5 Å². The number of aromatic amines is 1. The normalized spacial score (nSPS) is 14.3. The van der Waals surface area contributed by atoms with Gasteiger partial charge in [0.05, 0.1) is 23.7 Å². The minimum absolute atomic E-state index is 0.0627. The zero-order valence-electron chi connectivity index (χ0n) is 13.5. The predicted molar refractivity (Wildman–Crippen MR) is 84.3 cm³/mol. The summed E-state index contributed by atoms with van der Waals surface area (Å²) in [7, 11) is 0. The number of halogens is 2. The largest absolute Gasteiger partial charge is 0.490 e. The summed E-state index contributed by atoms with van der Waals surface area (Å²) >= 11 is 0. The van der Waals surface area contributed by atoms with Crippen LogP contribution in [-0.4, -0.2) is 27.3 Å². The lowest BCUT2D eigenvalue weighted by molar-refractivity contribution is 0.139. The monoisotopic (exact) mass is 324 g/mol. The van der Waals surface area contributed by atoms with Crippen LogP contribution in [0.2, 0.25) is 0 Å². The molecule has 0 bridgehead atoms. The van der Waals surface area contributed by atoms with Crippen molar-refractivity contribution < 1.29 is 13.5 Å². The molecule has 1 atom stereocenters. The molecule has 0 aliphatic carbocycles. The topological polar surface area (TPSA) is 76.8 Å². The number of ether oxygens (including phenoxy) is 1. The molecule has 0 aliphatic heterocycles. The molecule has 2 aromatic heterocycles. The zero-order valence-corrected chi connectivity index (χ0v) is 13.5. The van der Waals surface area contributed by atoms with E-state index in [1.54, 1.807) is 6.20 Å². The third-order valence-electron chi connectivity index (χ3n) is 3.36. The maximum Gasteiger partial charge on any atom is 0.267 e. The number of nitrogens with one attached hydrogen (secondary N) is 1. The maximum absolute atomic E-state index is 13.3. The fraction of sp³-hybridized carbons (Fsp3) is 0.500. The van der Waals surface area contributed by atoms with Crippen LogP contribution in [0.1, 0.15) is 39.2 Å². The Balaban J connectivity index is 2.18. The second kappa shape index (κ2) is 7.04. The molecule has 0 aromatic carbocycles. The van der Waals surface area contributed by atoms with Crippen molar-refractivity contribution in [1.82, 2.24) is 15.2 Å². The molecule has 0 unspecified atom stereocenters. The Morgan fingerprint density at radius 2 is 2.09 bits per heavy atom. The molecule has 126 valence electrons. The first-order valence-electron chi connectivity index (χ1n) is 7.47. The summed E-state index contributed by atoms with van der Waals surface area (Å²) in [5, 5.41) is 6.42. The van der Waals surface area contributed by atoms with Crippen molar-refractivity contribution in [2.24, 2.45) is 11.7 Å². The van der Waals surface area contributed by atoms with Gasteiger partial charge in [-0.2, -0.15) is 5.10 Å². The van der Waals surface area contributed by atoms with Gasteiger partial charge in [-0.1, -0.05) is 13.8 Å². The van der Waals surface area contributed by atoms with Gasteiger partial charge in [-0.15, -0.1) is 0 Å². The molecule has 0 aliphatic rings. The molecule has 0 spiro atoms. The first-order valence-corrected chi connectivity index (χ1v) is 7.47.